The number of aliphatic hydroxyl groups is 3. The Morgan fingerprint density at radius 2 is 1.00 bits per heavy atom. The average Bonchev–Trinajstić information content (AvgIpc) is 2.66. The number of rotatable bonds is 14. The van der Waals surface area contributed by atoms with Gasteiger partial charge >= 0.3 is 17.9 Å². The van der Waals surface area contributed by atoms with Gasteiger partial charge in [-0.1, -0.05) is 19.7 Å². The minimum absolute atomic E-state index is 0.287. The maximum atomic E-state index is 11.2. The van der Waals surface area contributed by atoms with Crippen molar-refractivity contribution >= 4 is 17.9 Å². The Hall–Kier alpha value is -2.49. The number of hydrogen-bond donors (Lipinski definition) is 3. The number of esters is 3. The first-order valence-electron chi connectivity index (χ1n) is 8.11. The Bertz CT molecular complexity index is 529. The lowest BCUT2D eigenvalue weighted by molar-refractivity contribution is -0.198. The molecule has 0 aromatic rings. The molecule has 0 saturated heterocycles. The molecule has 0 saturated carbocycles. The predicted molar refractivity (Wildman–Crippen MR) is 94.3 cm³/mol. The second-order valence-electron chi connectivity index (χ2n) is 5.59. The van der Waals surface area contributed by atoms with E-state index in [1.54, 1.807) is 0 Å². The van der Waals surface area contributed by atoms with Crippen LogP contribution >= 0.6 is 0 Å². The van der Waals surface area contributed by atoms with Gasteiger partial charge in [-0.15, -0.1) is 0 Å². The fourth-order valence-electron chi connectivity index (χ4n) is 2.19. The van der Waals surface area contributed by atoms with E-state index in [0.717, 1.165) is 18.2 Å². The Balaban J connectivity index is 5.19. The maximum absolute atomic E-state index is 11.2. The predicted octanol–water partition coefficient (Wildman–Crippen LogP) is -0.201. The number of carbonyl (C=O) groups is 3. The quantitative estimate of drug-likeness (QED) is 0.210. The normalized spacial score (nSPS) is 13.0. The molecule has 0 fully saturated rings. The fourth-order valence-corrected chi connectivity index (χ4v) is 2.19. The molecule has 9 nitrogen and oxygen atoms in total. The highest BCUT2D eigenvalue weighted by molar-refractivity contribution is 5.81. The van der Waals surface area contributed by atoms with E-state index in [4.69, 9.17) is 14.2 Å². The lowest BCUT2D eigenvalue weighted by Gasteiger charge is -2.42. The molecule has 27 heavy (non-hydrogen) atoms. The molecule has 0 aromatic carbocycles. The van der Waals surface area contributed by atoms with Crippen molar-refractivity contribution < 1.29 is 43.9 Å². The van der Waals surface area contributed by atoms with Gasteiger partial charge in [0, 0.05) is 37.5 Å². The third-order valence-electron chi connectivity index (χ3n) is 3.91. The van der Waals surface area contributed by atoms with Crippen LogP contribution in [0.25, 0.3) is 0 Å². The molecular weight excluding hydrogens is 360 g/mol. The van der Waals surface area contributed by atoms with Gasteiger partial charge in [0.1, 0.15) is 11.2 Å². The first kappa shape index (κ1) is 24.5. The number of aliphatic hydroxyl groups excluding tert-OH is 1. The van der Waals surface area contributed by atoms with Crippen LogP contribution in [0.5, 0.6) is 0 Å². The van der Waals surface area contributed by atoms with Crippen molar-refractivity contribution in [2.75, 3.05) is 26.4 Å². The van der Waals surface area contributed by atoms with Crippen molar-refractivity contribution in [3.05, 3.63) is 38.0 Å². The molecule has 0 aliphatic heterocycles. The Morgan fingerprint density at radius 1 is 0.704 bits per heavy atom. The smallest absolute Gasteiger partial charge is 0.330 e. The van der Waals surface area contributed by atoms with Crippen molar-refractivity contribution in [1.82, 2.24) is 0 Å². The van der Waals surface area contributed by atoms with E-state index in [0.29, 0.717) is 0 Å². The van der Waals surface area contributed by atoms with E-state index >= 15 is 0 Å². The minimum atomic E-state index is -2.13. The van der Waals surface area contributed by atoms with Crippen molar-refractivity contribution in [1.29, 1.82) is 0 Å². The zero-order chi connectivity index (χ0) is 20.9. The molecule has 0 bridgehead atoms. The Morgan fingerprint density at radius 3 is 1.26 bits per heavy atom. The molecule has 0 radical (unpaired) electrons. The highest BCUT2D eigenvalue weighted by atomic mass is 16.5. The molecule has 0 amide bonds. The van der Waals surface area contributed by atoms with E-state index in [-0.39, 0.29) is 39.1 Å². The Kier molecular flexibility index (Phi) is 10.9. The van der Waals surface area contributed by atoms with Crippen molar-refractivity contribution in [2.24, 2.45) is 0 Å². The second-order valence-corrected chi connectivity index (χ2v) is 5.59. The van der Waals surface area contributed by atoms with E-state index in [9.17, 15) is 29.7 Å². The topological polar surface area (TPSA) is 140 Å². The van der Waals surface area contributed by atoms with Crippen LogP contribution in [0.2, 0.25) is 0 Å². The van der Waals surface area contributed by atoms with Crippen LogP contribution in [0.4, 0.5) is 0 Å². The van der Waals surface area contributed by atoms with E-state index in [2.05, 4.69) is 19.7 Å². The number of ether oxygens (including phenoxy) is 3. The molecular formula is C18H26O9. The van der Waals surface area contributed by atoms with Crippen molar-refractivity contribution in [2.45, 2.75) is 30.5 Å². The first-order chi connectivity index (χ1) is 12.7. The molecule has 1 unspecified atom stereocenters. The van der Waals surface area contributed by atoms with Crippen LogP contribution in [0.3, 0.4) is 0 Å². The van der Waals surface area contributed by atoms with E-state index < -0.39 is 35.7 Å². The summed E-state index contributed by atoms with van der Waals surface area (Å²) in [6.45, 7) is 7.89. The van der Waals surface area contributed by atoms with Gasteiger partial charge < -0.3 is 29.5 Å². The van der Waals surface area contributed by atoms with E-state index in [1.165, 1.54) is 0 Å². The SMILES string of the molecule is C=CC(=O)OCCC(O)(CO)C(O)(CCOC(=O)C=C)CCOC(=O)C=C. The summed E-state index contributed by atoms with van der Waals surface area (Å²) in [6.07, 6.45) is 1.88. The number of carbonyl (C=O) groups excluding carboxylic acids is 3. The van der Waals surface area contributed by atoms with Gasteiger partial charge in [-0.05, 0) is 0 Å². The molecule has 0 heterocycles. The first-order valence-corrected chi connectivity index (χ1v) is 8.11. The molecule has 0 aliphatic carbocycles. The third kappa shape index (κ3) is 8.16. The second kappa shape index (κ2) is 12.0. The molecule has 9 heteroatoms. The lowest BCUT2D eigenvalue weighted by atomic mass is 9.76. The summed E-state index contributed by atoms with van der Waals surface area (Å²) in [5.74, 6) is -2.20. The van der Waals surface area contributed by atoms with Gasteiger partial charge in [0.25, 0.3) is 0 Å². The molecule has 0 rings (SSSR count). The minimum Gasteiger partial charge on any atom is -0.462 e. The summed E-state index contributed by atoms with van der Waals surface area (Å²) < 4.78 is 14.4. The van der Waals surface area contributed by atoms with Gasteiger partial charge in [-0.25, -0.2) is 14.4 Å². The highest BCUT2D eigenvalue weighted by Crippen LogP contribution is 2.33. The monoisotopic (exact) mass is 386 g/mol. The van der Waals surface area contributed by atoms with E-state index in [1.807, 2.05) is 0 Å². The molecule has 3 N–H and O–H groups in total. The van der Waals surface area contributed by atoms with Crippen LogP contribution in [-0.4, -0.2) is 70.9 Å². The summed E-state index contributed by atoms with van der Waals surface area (Å²) in [4.78, 5) is 33.4. The molecule has 1 atom stereocenters. The van der Waals surface area contributed by atoms with Crippen LogP contribution in [0.15, 0.2) is 38.0 Å². The van der Waals surface area contributed by atoms with Gasteiger partial charge in [0.05, 0.1) is 26.4 Å². The van der Waals surface area contributed by atoms with Gasteiger partial charge in [-0.2, -0.15) is 0 Å². The summed E-state index contributed by atoms with van der Waals surface area (Å²) in [5.41, 5.74) is -4.15. The standard InChI is InChI=1S/C18H26O9/c1-4-14(20)25-10-7-17(23,8-11-26-15(21)5-2)18(24,13-19)9-12-27-16(22)6-3/h4-6,19,23-24H,1-3,7-13H2. The summed E-state index contributed by atoms with van der Waals surface area (Å²) >= 11 is 0. The zero-order valence-electron chi connectivity index (χ0n) is 15.1. The van der Waals surface area contributed by atoms with Crippen LogP contribution in [0, 0.1) is 0 Å². The lowest BCUT2D eigenvalue weighted by Crippen LogP contribution is -2.58. The maximum Gasteiger partial charge on any atom is 0.330 e. The summed E-state index contributed by atoms with van der Waals surface area (Å²) in [6, 6.07) is 0. The van der Waals surface area contributed by atoms with Gasteiger partial charge in [-0.3, -0.25) is 0 Å². The fraction of sp³-hybridized carbons (Fsp3) is 0.500. The molecule has 0 aromatic heterocycles. The summed E-state index contributed by atoms with van der Waals surface area (Å²) in [5, 5.41) is 31.3. The van der Waals surface area contributed by atoms with Gasteiger partial charge in [0.2, 0.25) is 0 Å². The third-order valence-corrected chi connectivity index (χ3v) is 3.91. The average molecular weight is 386 g/mol. The van der Waals surface area contributed by atoms with Crippen molar-refractivity contribution in [3.8, 4) is 0 Å². The zero-order valence-corrected chi connectivity index (χ0v) is 15.1. The van der Waals surface area contributed by atoms with Crippen molar-refractivity contribution in [3.63, 3.8) is 0 Å². The van der Waals surface area contributed by atoms with Gasteiger partial charge in [0.15, 0.2) is 0 Å². The van der Waals surface area contributed by atoms with Crippen LogP contribution in [0.1, 0.15) is 19.3 Å². The number of hydrogen-bond acceptors (Lipinski definition) is 9. The Labute approximate surface area is 157 Å². The molecule has 0 spiro atoms. The molecule has 0 aliphatic rings. The van der Waals surface area contributed by atoms with Crippen LogP contribution in [-0.2, 0) is 28.6 Å². The summed E-state index contributed by atoms with van der Waals surface area (Å²) in [7, 11) is 0. The highest BCUT2D eigenvalue weighted by Gasteiger charge is 2.48. The van der Waals surface area contributed by atoms with Crippen LogP contribution < -0.4 is 0 Å². The molecule has 152 valence electrons. The largest absolute Gasteiger partial charge is 0.462 e.